The highest BCUT2D eigenvalue weighted by atomic mass is 19.3. The topological polar surface area (TPSA) is 70.9 Å². The zero-order valence-electron chi connectivity index (χ0n) is 12.6. The van der Waals surface area contributed by atoms with Crippen LogP contribution in [0.4, 0.5) is 24.8 Å². The van der Waals surface area contributed by atoms with E-state index in [1.807, 2.05) is 0 Å². The van der Waals surface area contributed by atoms with Crippen molar-refractivity contribution in [2.45, 2.75) is 5.92 Å². The first-order chi connectivity index (χ1) is 12.0. The molecule has 0 spiro atoms. The minimum Gasteiger partial charge on any atom is -0.322 e. The van der Waals surface area contributed by atoms with E-state index in [1.54, 1.807) is 24.4 Å². The van der Waals surface area contributed by atoms with E-state index in [0.717, 1.165) is 24.3 Å². The molecule has 126 valence electrons. The van der Waals surface area contributed by atoms with E-state index in [-0.39, 0.29) is 5.82 Å². The number of H-pyrrole nitrogens is 1. The molecular weight excluding hydrogens is 333 g/mol. The molecule has 0 atom stereocenters. The maximum Gasteiger partial charge on any atom is 0.333 e. The van der Waals surface area contributed by atoms with Crippen molar-refractivity contribution in [3.05, 3.63) is 72.1 Å². The fourth-order valence-corrected chi connectivity index (χ4v) is 2.40. The Morgan fingerprint density at radius 3 is 2.60 bits per heavy atom. The molecule has 0 aliphatic rings. The lowest BCUT2D eigenvalue weighted by Crippen LogP contribution is -2.21. The lowest BCUT2D eigenvalue weighted by Gasteiger charge is -2.16. The van der Waals surface area contributed by atoms with Crippen molar-refractivity contribution in [1.82, 2.24) is 24.8 Å². The molecule has 4 aromatic rings. The number of rotatable bonds is 4. The first-order valence-electron chi connectivity index (χ1n) is 7.30. The number of nitrogens with zero attached hydrogens (tertiary/aromatic N) is 4. The number of hydrogen-bond acceptors (Lipinski definition) is 4. The second kappa shape index (κ2) is 5.62. The van der Waals surface area contributed by atoms with Crippen molar-refractivity contribution in [3.8, 4) is 0 Å². The Morgan fingerprint density at radius 2 is 1.88 bits per heavy atom. The van der Waals surface area contributed by atoms with Gasteiger partial charge in [0.2, 0.25) is 5.82 Å². The van der Waals surface area contributed by atoms with Crippen LogP contribution in [0.5, 0.6) is 0 Å². The van der Waals surface area contributed by atoms with Crippen LogP contribution in [0.3, 0.4) is 0 Å². The number of aromatic nitrogens is 5. The predicted octanol–water partition coefficient (Wildman–Crippen LogP) is 3.48. The Balaban J connectivity index is 1.82. The van der Waals surface area contributed by atoms with Gasteiger partial charge in [-0.05, 0) is 36.4 Å². The van der Waals surface area contributed by atoms with Crippen molar-refractivity contribution < 1.29 is 13.2 Å². The monoisotopic (exact) mass is 344 g/mol. The number of aromatic amines is 1. The maximum absolute atomic E-state index is 14.8. The molecule has 0 aliphatic carbocycles. The summed E-state index contributed by atoms with van der Waals surface area (Å²) >= 11 is 0. The third-order valence-corrected chi connectivity index (χ3v) is 3.63. The Hall–Kier alpha value is -3.36. The zero-order chi connectivity index (χ0) is 17.4. The van der Waals surface area contributed by atoms with E-state index in [0.29, 0.717) is 11.3 Å². The normalized spacial score (nSPS) is 11.8. The molecule has 4 rings (SSSR count). The Morgan fingerprint density at radius 1 is 1.08 bits per heavy atom. The number of hydrogen-bond donors (Lipinski definition) is 2. The van der Waals surface area contributed by atoms with E-state index >= 15 is 0 Å². The zero-order valence-corrected chi connectivity index (χ0v) is 12.6. The van der Waals surface area contributed by atoms with E-state index in [1.165, 1.54) is 10.7 Å². The summed E-state index contributed by atoms with van der Waals surface area (Å²) in [5, 5.41) is 13.3. The summed E-state index contributed by atoms with van der Waals surface area (Å²) in [5.41, 5.74) is 0.118. The van der Waals surface area contributed by atoms with Crippen LogP contribution in [0, 0.1) is 5.82 Å². The van der Waals surface area contributed by atoms with Crippen LogP contribution < -0.4 is 5.32 Å². The molecule has 0 aliphatic heterocycles. The minimum absolute atomic E-state index is 0.184. The molecule has 2 N–H and O–H groups in total. The molecule has 1 aromatic carbocycles. The van der Waals surface area contributed by atoms with Gasteiger partial charge in [-0.1, -0.05) is 0 Å². The van der Waals surface area contributed by atoms with Crippen molar-refractivity contribution in [3.63, 3.8) is 0 Å². The van der Waals surface area contributed by atoms with Crippen LogP contribution >= 0.6 is 0 Å². The van der Waals surface area contributed by atoms with Crippen LogP contribution in [0.2, 0.25) is 0 Å². The number of alkyl halides is 2. The number of nitrogens with one attached hydrogen (secondary N) is 2. The highest BCUT2D eigenvalue weighted by molar-refractivity contribution is 5.71. The number of benzene rings is 1. The summed E-state index contributed by atoms with van der Waals surface area (Å²) in [6.45, 7) is 0. The molecule has 3 heterocycles. The smallest absolute Gasteiger partial charge is 0.322 e. The molecule has 3 aromatic heterocycles. The van der Waals surface area contributed by atoms with Crippen molar-refractivity contribution >= 4 is 17.2 Å². The summed E-state index contributed by atoms with van der Waals surface area (Å²) in [4.78, 5) is 3.98. The molecule has 0 amide bonds. The fourth-order valence-electron chi connectivity index (χ4n) is 2.40. The van der Waals surface area contributed by atoms with Gasteiger partial charge in [-0.2, -0.15) is 13.9 Å². The lowest BCUT2D eigenvalue weighted by molar-refractivity contribution is 0.0315. The van der Waals surface area contributed by atoms with Gasteiger partial charge in [0.15, 0.2) is 11.6 Å². The first kappa shape index (κ1) is 15.2. The maximum atomic E-state index is 14.8. The average Bonchev–Trinajstić information content (AvgIpc) is 3.26. The van der Waals surface area contributed by atoms with Gasteiger partial charge in [-0.15, -0.1) is 5.10 Å². The second-order valence-corrected chi connectivity index (χ2v) is 5.29. The van der Waals surface area contributed by atoms with Gasteiger partial charge in [0, 0.05) is 24.0 Å². The standard InChI is InChI=1S/C16H11F3N6/c17-11-5-3-10(4-6-11)16(18,19)15-22-14(21-13-7-8-20-23-13)12-2-1-9-25(12)24-15/h1-9H,(H2,20,21,22,23,24). The van der Waals surface area contributed by atoms with E-state index in [9.17, 15) is 13.2 Å². The first-order valence-corrected chi connectivity index (χ1v) is 7.30. The predicted molar refractivity (Wildman–Crippen MR) is 84.3 cm³/mol. The molecule has 0 radical (unpaired) electrons. The van der Waals surface area contributed by atoms with Gasteiger partial charge >= 0.3 is 5.92 Å². The molecule has 9 heteroatoms. The van der Waals surface area contributed by atoms with Crippen molar-refractivity contribution in [1.29, 1.82) is 0 Å². The molecule has 0 saturated heterocycles. The Kier molecular flexibility index (Phi) is 3.41. The van der Waals surface area contributed by atoms with Gasteiger partial charge < -0.3 is 5.32 Å². The van der Waals surface area contributed by atoms with Gasteiger partial charge in [0.25, 0.3) is 0 Å². The molecule has 0 bridgehead atoms. The minimum atomic E-state index is -3.49. The number of fused-ring (bicyclic) bond motifs is 1. The molecule has 0 unspecified atom stereocenters. The highest BCUT2D eigenvalue weighted by Gasteiger charge is 2.38. The van der Waals surface area contributed by atoms with Gasteiger partial charge in [-0.25, -0.2) is 13.9 Å². The quantitative estimate of drug-likeness (QED) is 0.595. The Bertz CT molecular complexity index is 1010. The summed E-state index contributed by atoms with van der Waals surface area (Å²) in [7, 11) is 0. The lowest BCUT2D eigenvalue weighted by atomic mass is 10.1. The van der Waals surface area contributed by atoms with Crippen LogP contribution in [-0.2, 0) is 5.92 Å². The molecule has 25 heavy (non-hydrogen) atoms. The van der Waals surface area contributed by atoms with Crippen LogP contribution in [0.15, 0.2) is 54.9 Å². The summed E-state index contributed by atoms with van der Waals surface area (Å²) in [6, 6.07) is 8.97. The SMILES string of the molecule is Fc1ccc(C(F)(F)c2nc(Nc3cc[nH]n3)c3cccn3n2)cc1. The van der Waals surface area contributed by atoms with Crippen LogP contribution in [0.1, 0.15) is 11.4 Å². The molecule has 6 nitrogen and oxygen atoms in total. The summed E-state index contributed by atoms with van der Waals surface area (Å²) in [6.07, 6.45) is 3.13. The van der Waals surface area contributed by atoms with Crippen LogP contribution in [-0.4, -0.2) is 24.8 Å². The summed E-state index contributed by atoms with van der Waals surface area (Å²) in [5.74, 6) is -4.18. The fraction of sp³-hybridized carbons (Fsp3) is 0.0625. The number of anilines is 2. The second-order valence-electron chi connectivity index (χ2n) is 5.29. The third kappa shape index (κ3) is 2.69. The highest BCUT2D eigenvalue weighted by Crippen LogP contribution is 2.34. The largest absolute Gasteiger partial charge is 0.333 e. The average molecular weight is 344 g/mol. The molecule has 0 fully saturated rings. The molecular formula is C16H11F3N6. The summed E-state index contributed by atoms with van der Waals surface area (Å²) < 4.78 is 43.9. The Labute approximate surface area is 139 Å². The van der Waals surface area contributed by atoms with E-state index < -0.39 is 23.1 Å². The third-order valence-electron chi connectivity index (χ3n) is 3.63. The van der Waals surface area contributed by atoms with E-state index in [4.69, 9.17) is 0 Å². The van der Waals surface area contributed by atoms with Gasteiger partial charge in [0.05, 0.1) is 0 Å². The van der Waals surface area contributed by atoms with E-state index in [2.05, 4.69) is 25.6 Å². The van der Waals surface area contributed by atoms with Gasteiger partial charge in [-0.3, -0.25) is 5.10 Å². The van der Waals surface area contributed by atoms with Gasteiger partial charge in [0.1, 0.15) is 11.3 Å². The molecule has 0 saturated carbocycles. The number of halogens is 3. The van der Waals surface area contributed by atoms with Crippen LogP contribution in [0.25, 0.3) is 5.52 Å². The van der Waals surface area contributed by atoms with Crippen molar-refractivity contribution in [2.24, 2.45) is 0 Å². The van der Waals surface area contributed by atoms with Crippen molar-refractivity contribution in [2.75, 3.05) is 5.32 Å².